The standard InChI is InChI=1S/C14H21N3O3/c1-10-3-2-6-16(9-10)13(8-15)11-4-5-14(18)12(7-11)17(19)20/h4-5,7,10,13,18H,2-3,6,8-9,15H2,1H3. The lowest BCUT2D eigenvalue weighted by atomic mass is 9.96. The molecule has 110 valence electrons. The molecule has 0 saturated carbocycles. The van der Waals surface area contributed by atoms with E-state index < -0.39 is 4.92 Å². The molecule has 0 aliphatic carbocycles. The quantitative estimate of drug-likeness (QED) is 0.650. The molecule has 0 aromatic heterocycles. The van der Waals surface area contributed by atoms with Crippen molar-refractivity contribution >= 4 is 5.69 Å². The second kappa shape index (κ2) is 6.19. The molecule has 3 N–H and O–H groups in total. The molecule has 1 saturated heterocycles. The van der Waals surface area contributed by atoms with Gasteiger partial charge in [-0.2, -0.15) is 0 Å². The molecule has 20 heavy (non-hydrogen) atoms. The lowest BCUT2D eigenvalue weighted by Gasteiger charge is -2.37. The summed E-state index contributed by atoms with van der Waals surface area (Å²) < 4.78 is 0. The zero-order chi connectivity index (χ0) is 14.7. The van der Waals surface area contributed by atoms with Crippen molar-refractivity contribution in [3.8, 4) is 5.75 Å². The highest BCUT2D eigenvalue weighted by molar-refractivity contribution is 5.48. The molecule has 2 rings (SSSR count). The number of hydrogen-bond acceptors (Lipinski definition) is 5. The van der Waals surface area contributed by atoms with Gasteiger partial charge < -0.3 is 10.8 Å². The third kappa shape index (κ3) is 3.08. The summed E-state index contributed by atoms with van der Waals surface area (Å²) in [6.45, 7) is 4.53. The van der Waals surface area contributed by atoms with Gasteiger partial charge in [-0.05, 0) is 36.9 Å². The van der Waals surface area contributed by atoms with E-state index in [1.165, 1.54) is 18.6 Å². The minimum absolute atomic E-state index is 0.0305. The Morgan fingerprint density at radius 1 is 1.60 bits per heavy atom. The summed E-state index contributed by atoms with van der Waals surface area (Å²) in [5.74, 6) is 0.312. The lowest BCUT2D eigenvalue weighted by Crippen LogP contribution is -2.40. The topological polar surface area (TPSA) is 92.6 Å². The number of piperidine rings is 1. The van der Waals surface area contributed by atoms with Gasteiger partial charge in [0.1, 0.15) is 0 Å². The first-order valence-corrected chi connectivity index (χ1v) is 6.94. The Balaban J connectivity index is 2.27. The van der Waals surface area contributed by atoms with Gasteiger partial charge in [0.25, 0.3) is 0 Å². The van der Waals surface area contributed by atoms with E-state index in [2.05, 4.69) is 11.8 Å². The van der Waals surface area contributed by atoms with E-state index >= 15 is 0 Å². The molecule has 2 unspecified atom stereocenters. The normalized spacial score (nSPS) is 21.6. The number of nitrogens with zero attached hydrogens (tertiary/aromatic N) is 2. The Kier molecular flexibility index (Phi) is 4.57. The first kappa shape index (κ1) is 14.7. The minimum atomic E-state index is -0.564. The SMILES string of the molecule is CC1CCCN(C(CN)c2ccc(O)c([N+](=O)[O-])c2)C1. The Hall–Kier alpha value is -1.66. The predicted molar refractivity (Wildman–Crippen MR) is 76.5 cm³/mol. The van der Waals surface area contributed by atoms with Gasteiger partial charge in [-0.15, -0.1) is 0 Å². The number of aromatic hydroxyl groups is 1. The second-order valence-electron chi connectivity index (χ2n) is 5.50. The van der Waals surface area contributed by atoms with E-state index in [9.17, 15) is 15.2 Å². The largest absolute Gasteiger partial charge is 0.502 e. The number of nitro groups is 1. The third-order valence-corrected chi connectivity index (χ3v) is 3.93. The van der Waals surface area contributed by atoms with Gasteiger partial charge in [0.05, 0.1) is 4.92 Å². The zero-order valence-electron chi connectivity index (χ0n) is 11.7. The average molecular weight is 279 g/mol. The van der Waals surface area contributed by atoms with Crippen LogP contribution < -0.4 is 5.73 Å². The van der Waals surface area contributed by atoms with Gasteiger partial charge in [-0.1, -0.05) is 13.0 Å². The van der Waals surface area contributed by atoms with Crippen LogP contribution in [0.1, 0.15) is 31.4 Å². The van der Waals surface area contributed by atoms with Gasteiger partial charge in [-0.3, -0.25) is 15.0 Å². The molecule has 1 aromatic rings. The van der Waals surface area contributed by atoms with Crippen LogP contribution in [0.3, 0.4) is 0 Å². The maximum absolute atomic E-state index is 10.9. The van der Waals surface area contributed by atoms with Crippen molar-refractivity contribution in [3.63, 3.8) is 0 Å². The molecule has 1 aromatic carbocycles. The van der Waals surface area contributed by atoms with E-state index in [-0.39, 0.29) is 17.5 Å². The molecule has 1 aliphatic heterocycles. The highest BCUT2D eigenvalue weighted by atomic mass is 16.6. The Labute approximate surface area is 118 Å². The Morgan fingerprint density at radius 2 is 2.35 bits per heavy atom. The first-order chi connectivity index (χ1) is 9.52. The van der Waals surface area contributed by atoms with Crippen molar-refractivity contribution in [1.29, 1.82) is 0 Å². The minimum Gasteiger partial charge on any atom is -0.502 e. The van der Waals surface area contributed by atoms with Crippen LogP contribution >= 0.6 is 0 Å². The van der Waals surface area contributed by atoms with E-state index in [0.29, 0.717) is 12.5 Å². The molecule has 0 amide bonds. The maximum atomic E-state index is 10.9. The van der Waals surface area contributed by atoms with Crippen LogP contribution in [0, 0.1) is 16.0 Å². The Bertz CT molecular complexity index is 493. The fourth-order valence-corrected chi connectivity index (χ4v) is 2.90. The lowest BCUT2D eigenvalue weighted by molar-refractivity contribution is -0.386. The summed E-state index contributed by atoms with van der Waals surface area (Å²) in [7, 11) is 0. The summed E-state index contributed by atoms with van der Waals surface area (Å²) in [6.07, 6.45) is 2.33. The monoisotopic (exact) mass is 279 g/mol. The van der Waals surface area contributed by atoms with E-state index in [4.69, 9.17) is 5.73 Å². The number of nitrogens with two attached hydrogens (primary N) is 1. The maximum Gasteiger partial charge on any atom is 0.311 e. The summed E-state index contributed by atoms with van der Waals surface area (Å²) in [5.41, 5.74) is 6.41. The van der Waals surface area contributed by atoms with Gasteiger partial charge in [-0.25, -0.2) is 0 Å². The number of hydrogen-bond donors (Lipinski definition) is 2. The molecular weight excluding hydrogens is 258 g/mol. The molecule has 1 aliphatic rings. The van der Waals surface area contributed by atoms with Crippen LogP contribution in [0.2, 0.25) is 0 Å². The second-order valence-corrected chi connectivity index (χ2v) is 5.50. The summed E-state index contributed by atoms with van der Waals surface area (Å²) >= 11 is 0. The van der Waals surface area contributed by atoms with Crippen molar-refractivity contribution in [1.82, 2.24) is 4.90 Å². The smallest absolute Gasteiger partial charge is 0.311 e. The summed E-state index contributed by atoms with van der Waals surface area (Å²) in [4.78, 5) is 12.6. The van der Waals surface area contributed by atoms with E-state index in [1.54, 1.807) is 6.07 Å². The van der Waals surface area contributed by atoms with Crippen LogP contribution in [0.5, 0.6) is 5.75 Å². The number of likely N-dealkylation sites (tertiary alicyclic amines) is 1. The summed E-state index contributed by atoms with van der Waals surface area (Å²) in [6, 6.07) is 4.51. The number of rotatable bonds is 4. The highest BCUT2D eigenvalue weighted by Gasteiger charge is 2.26. The van der Waals surface area contributed by atoms with Crippen LogP contribution in [0.15, 0.2) is 18.2 Å². The molecule has 0 radical (unpaired) electrons. The van der Waals surface area contributed by atoms with Gasteiger partial charge >= 0.3 is 5.69 Å². The number of benzene rings is 1. The van der Waals surface area contributed by atoms with Crippen LogP contribution in [0.4, 0.5) is 5.69 Å². The highest BCUT2D eigenvalue weighted by Crippen LogP contribution is 2.32. The number of phenolic OH excluding ortho intramolecular Hbond substituents is 1. The molecule has 6 heteroatoms. The molecule has 1 heterocycles. The molecular formula is C14H21N3O3. The van der Waals surface area contributed by atoms with Gasteiger partial charge in [0.15, 0.2) is 5.75 Å². The van der Waals surface area contributed by atoms with E-state index in [1.807, 2.05) is 0 Å². The van der Waals surface area contributed by atoms with Crippen molar-refractivity contribution in [2.45, 2.75) is 25.8 Å². The predicted octanol–water partition coefficient (Wildman–Crippen LogP) is 2.03. The van der Waals surface area contributed by atoms with Crippen LogP contribution in [-0.4, -0.2) is 34.6 Å². The molecule has 0 spiro atoms. The number of nitro benzene ring substituents is 1. The zero-order valence-corrected chi connectivity index (χ0v) is 11.7. The Morgan fingerprint density at radius 3 is 2.95 bits per heavy atom. The van der Waals surface area contributed by atoms with E-state index in [0.717, 1.165) is 25.1 Å². The van der Waals surface area contributed by atoms with Gasteiger partial charge in [0, 0.05) is 25.2 Å². The van der Waals surface area contributed by atoms with Crippen molar-refractivity contribution < 1.29 is 10.0 Å². The van der Waals surface area contributed by atoms with Gasteiger partial charge in [0.2, 0.25) is 0 Å². The fourth-order valence-electron chi connectivity index (χ4n) is 2.90. The molecule has 1 fully saturated rings. The van der Waals surface area contributed by atoms with Crippen molar-refractivity contribution in [2.75, 3.05) is 19.6 Å². The fraction of sp³-hybridized carbons (Fsp3) is 0.571. The first-order valence-electron chi connectivity index (χ1n) is 6.94. The van der Waals surface area contributed by atoms with Crippen molar-refractivity contribution in [3.05, 3.63) is 33.9 Å². The average Bonchev–Trinajstić information content (AvgIpc) is 2.41. The molecule has 2 atom stereocenters. The third-order valence-electron chi connectivity index (χ3n) is 3.93. The number of phenols is 1. The molecule has 6 nitrogen and oxygen atoms in total. The molecule has 0 bridgehead atoms. The summed E-state index contributed by atoms with van der Waals surface area (Å²) in [5, 5.41) is 20.4. The van der Waals surface area contributed by atoms with Crippen LogP contribution in [-0.2, 0) is 0 Å². The van der Waals surface area contributed by atoms with Crippen LogP contribution in [0.25, 0.3) is 0 Å². The van der Waals surface area contributed by atoms with Crippen molar-refractivity contribution in [2.24, 2.45) is 11.7 Å².